The van der Waals surface area contributed by atoms with Crippen molar-refractivity contribution in [1.82, 2.24) is 9.97 Å². The Morgan fingerprint density at radius 2 is 1.94 bits per heavy atom. The second-order valence-corrected chi connectivity index (χ2v) is 3.84. The van der Waals surface area contributed by atoms with Crippen LogP contribution in [0.5, 0.6) is 0 Å². The van der Waals surface area contributed by atoms with Gasteiger partial charge < -0.3 is 0 Å². The summed E-state index contributed by atoms with van der Waals surface area (Å²) in [6, 6.07) is 12.0. The SMILES string of the molecule is Clc1nccc(C#CCCc2ccccc2)n1. The third kappa shape index (κ3) is 3.90. The molecule has 0 fully saturated rings. The van der Waals surface area contributed by atoms with E-state index in [0.29, 0.717) is 5.69 Å². The first kappa shape index (κ1) is 11.6. The van der Waals surface area contributed by atoms with Gasteiger partial charge >= 0.3 is 0 Å². The van der Waals surface area contributed by atoms with Crippen molar-refractivity contribution in [2.75, 3.05) is 0 Å². The van der Waals surface area contributed by atoms with Crippen LogP contribution in [0.2, 0.25) is 5.28 Å². The number of rotatable bonds is 2. The highest BCUT2D eigenvalue weighted by Gasteiger charge is 1.91. The zero-order chi connectivity index (χ0) is 11.9. The summed E-state index contributed by atoms with van der Waals surface area (Å²) in [4.78, 5) is 7.80. The lowest BCUT2D eigenvalue weighted by atomic mass is 10.1. The normalized spacial score (nSPS) is 9.47. The first-order chi connectivity index (χ1) is 8.34. The van der Waals surface area contributed by atoms with Gasteiger partial charge in [0.15, 0.2) is 0 Å². The van der Waals surface area contributed by atoms with Crippen LogP contribution in [0.25, 0.3) is 0 Å². The quantitative estimate of drug-likeness (QED) is 0.597. The van der Waals surface area contributed by atoms with Gasteiger partial charge in [-0.2, -0.15) is 0 Å². The second kappa shape index (κ2) is 6.03. The molecule has 1 heterocycles. The van der Waals surface area contributed by atoms with Gasteiger partial charge in [0.25, 0.3) is 0 Å². The minimum Gasteiger partial charge on any atom is -0.226 e. The average Bonchev–Trinajstić information content (AvgIpc) is 2.36. The highest BCUT2D eigenvalue weighted by atomic mass is 35.5. The molecular formula is C14H11ClN2. The summed E-state index contributed by atoms with van der Waals surface area (Å²) >= 11 is 5.66. The summed E-state index contributed by atoms with van der Waals surface area (Å²) in [5.41, 5.74) is 1.96. The molecule has 0 aliphatic carbocycles. The molecule has 0 unspecified atom stereocenters. The van der Waals surface area contributed by atoms with Crippen LogP contribution in [0.1, 0.15) is 17.7 Å². The van der Waals surface area contributed by atoms with Crippen LogP contribution in [0.3, 0.4) is 0 Å². The number of aryl methyl sites for hydroxylation is 1. The third-order valence-electron chi connectivity index (χ3n) is 2.22. The van der Waals surface area contributed by atoms with Gasteiger partial charge in [-0.3, -0.25) is 0 Å². The first-order valence-corrected chi connectivity index (χ1v) is 5.74. The predicted molar refractivity (Wildman–Crippen MR) is 68.7 cm³/mol. The Hall–Kier alpha value is -1.85. The van der Waals surface area contributed by atoms with Crippen LogP contribution >= 0.6 is 11.6 Å². The van der Waals surface area contributed by atoms with Crippen LogP contribution in [-0.2, 0) is 6.42 Å². The van der Waals surface area contributed by atoms with E-state index in [4.69, 9.17) is 11.6 Å². The van der Waals surface area contributed by atoms with Crippen LogP contribution in [0.4, 0.5) is 0 Å². The molecule has 1 aromatic heterocycles. The van der Waals surface area contributed by atoms with Crippen molar-refractivity contribution < 1.29 is 0 Å². The molecule has 0 saturated heterocycles. The standard InChI is InChI=1S/C14H11ClN2/c15-14-16-11-10-13(17-14)9-5-4-8-12-6-2-1-3-7-12/h1-3,6-7,10-11H,4,8H2. The molecule has 84 valence electrons. The Balaban J connectivity index is 1.91. The summed E-state index contributed by atoms with van der Waals surface area (Å²) in [6.45, 7) is 0. The van der Waals surface area contributed by atoms with Crippen LogP contribution in [0.15, 0.2) is 42.6 Å². The summed E-state index contributed by atoms with van der Waals surface area (Å²) in [5, 5.41) is 0.236. The average molecular weight is 243 g/mol. The number of benzene rings is 1. The number of hydrogen-bond donors (Lipinski definition) is 0. The molecule has 2 nitrogen and oxygen atoms in total. The maximum absolute atomic E-state index is 5.66. The molecule has 0 N–H and O–H groups in total. The Morgan fingerprint density at radius 3 is 2.71 bits per heavy atom. The molecule has 0 saturated carbocycles. The van der Waals surface area contributed by atoms with Gasteiger partial charge in [-0.1, -0.05) is 36.3 Å². The molecule has 3 heteroatoms. The molecule has 0 bridgehead atoms. The van der Waals surface area contributed by atoms with Crippen molar-refractivity contribution >= 4 is 11.6 Å². The van der Waals surface area contributed by atoms with Gasteiger partial charge in [-0.25, -0.2) is 9.97 Å². The molecule has 0 aliphatic heterocycles. The lowest BCUT2D eigenvalue weighted by Crippen LogP contribution is -1.86. The summed E-state index contributed by atoms with van der Waals surface area (Å²) < 4.78 is 0. The molecule has 0 atom stereocenters. The van der Waals surface area contributed by atoms with E-state index in [1.165, 1.54) is 5.56 Å². The van der Waals surface area contributed by atoms with Crippen LogP contribution in [0, 0.1) is 11.8 Å². The lowest BCUT2D eigenvalue weighted by Gasteiger charge is -1.94. The molecule has 1 aromatic carbocycles. The van der Waals surface area contributed by atoms with Gasteiger partial charge in [0, 0.05) is 12.6 Å². The number of nitrogens with zero attached hydrogens (tertiary/aromatic N) is 2. The molecule has 0 amide bonds. The Morgan fingerprint density at radius 1 is 1.12 bits per heavy atom. The van der Waals surface area contributed by atoms with Gasteiger partial charge in [0.05, 0.1) is 0 Å². The fourth-order valence-corrected chi connectivity index (χ4v) is 1.56. The molecule has 2 aromatic rings. The summed E-state index contributed by atoms with van der Waals surface area (Å²) in [5.74, 6) is 6.05. The largest absolute Gasteiger partial charge is 0.226 e. The smallest absolute Gasteiger partial charge is 0.223 e. The topological polar surface area (TPSA) is 25.8 Å². The monoisotopic (exact) mass is 242 g/mol. The maximum Gasteiger partial charge on any atom is 0.223 e. The molecule has 17 heavy (non-hydrogen) atoms. The fourth-order valence-electron chi connectivity index (χ4n) is 1.41. The minimum absolute atomic E-state index is 0.236. The van der Waals surface area contributed by atoms with Crippen molar-refractivity contribution in [3.05, 3.63) is 59.1 Å². The molecular weight excluding hydrogens is 232 g/mol. The van der Waals surface area contributed by atoms with E-state index in [9.17, 15) is 0 Å². The lowest BCUT2D eigenvalue weighted by molar-refractivity contribution is 1.03. The number of halogens is 1. The van der Waals surface area contributed by atoms with E-state index < -0.39 is 0 Å². The van der Waals surface area contributed by atoms with E-state index in [1.54, 1.807) is 12.3 Å². The molecule has 0 aliphatic rings. The third-order valence-corrected chi connectivity index (χ3v) is 2.41. The van der Waals surface area contributed by atoms with E-state index in [0.717, 1.165) is 12.8 Å². The van der Waals surface area contributed by atoms with Gasteiger partial charge in [-0.15, -0.1) is 0 Å². The zero-order valence-electron chi connectivity index (χ0n) is 9.23. The summed E-state index contributed by atoms with van der Waals surface area (Å²) in [7, 11) is 0. The van der Waals surface area contributed by atoms with Gasteiger partial charge in [0.2, 0.25) is 5.28 Å². The van der Waals surface area contributed by atoms with Crippen molar-refractivity contribution in [2.24, 2.45) is 0 Å². The minimum atomic E-state index is 0.236. The highest BCUT2D eigenvalue weighted by molar-refractivity contribution is 6.28. The molecule has 2 rings (SSSR count). The second-order valence-electron chi connectivity index (χ2n) is 3.50. The van der Waals surface area contributed by atoms with Gasteiger partial charge in [0.1, 0.15) is 5.69 Å². The maximum atomic E-state index is 5.66. The van der Waals surface area contributed by atoms with Crippen molar-refractivity contribution in [1.29, 1.82) is 0 Å². The van der Waals surface area contributed by atoms with E-state index in [-0.39, 0.29) is 5.28 Å². The zero-order valence-corrected chi connectivity index (χ0v) is 9.98. The summed E-state index contributed by atoms with van der Waals surface area (Å²) in [6.07, 6.45) is 3.37. The predicted octanol–water partition coefficient (Wildman–Crippen LogP) is 3.11. The van der Waals surface area contributed by atoms with Crippen molar-refractivity contribution in [3.63, 3.8) is 0 Å². The Labute approximate surface area is 106 Å². The van der Waals surface area contributed by atoms with Gasteiger partial charge in [-0.05, 0) is 35.6 Å². The van der Waals surface area contributed by atoms with E-state index >= 15 is 0 Å². The van der Waals surface area contributed by atoms with Crippen molar-refractivity contribution in [2.45, 2.75) is 12.8 Å². The fraction of sp³-hybridized carbons (Fsp3) is 0.143. The van der Waals surface area contributed by atoms with Crippen LogP contribution in [-0.4, -0.2) is 9.97 Å². The number of aromatic nitrogens is 2. The molecule has 0 radical (unpaired) electrons. The Bertz CT molecular complexity index is 541. The molecule has 0 spiro atoms. The van der Waals surface area contributed by atoms with Crippen molar-refractivity contribution in [3.8, 4) is 11.8 Å². The van der Waals surface area contributed by atoms with Crippen LogP contribution < -0.4 is 0 Å². The van der Waals surface area contributed by atoms with E-state index in [2.05, 4.69) is 33.9 Å². The number of hydrogen-bond acceptors (Lipinski definition) is 2. The Kier molecular flexibility index (Phi) is 4.12. The highest BCUT2D eigenvalue weighted by Crippen LogP contribution is 2.02. The first-order valence-electron chi connectivity index (χ1n) is 5.36. The van der Waals surface area contributed by atoms with E-state index in [1.807, 2.05) is 18.2 Å².